The third-order valence-corrected chi connectivity index (χ3v) is 6.42. The maximum absolute atomic E-state index is 12.7. The summed E-state index contributed by atoms with van der Waals surface area (Å²) >= 11 is 0. The highest BCUT2D eigenvalue weighted by atomic mass is 32.2. The Morgan fingerprint density at radius 2 is 2.27 bits per heavy atom. The fourth-order valence-corrected chi connectivity index (χ4v) is 4.81. The van der Waals surface area contributed by atoms with E-state index in [9.17, 15) is 8.42 Å². The van der Waals surface area contributed by atoms with Crippen LogP contribution in [0.4, 0.5) is 0 Å². The number of aromatic nitrogens is 2. The second kappa shape index (κ2) is 6.66. The fourth-order valence-electron chi connectivity index (χ4n) is 3.14. The Hall–Kier alpha value is -0.960. The normalized spacial score (nSPS) is 28.8. The minimum atomic E-state index is -3.29. The molecular weight excluding hydrogens is 304 g/mol. The van der Waals surface area contributed by atoms with E-state index in [2.05, 4.69) is 14.9 Å². The minimum Gasteiger partial charge on any atom is -0.377 e. The van der Waals surface area contributed by atoms with Crippen LogP contribution in [0.5, 0.6) is 0 Å². The summed E-state index contributed by atoms with van der Waals surface area (Å²) in [6.07, 6.45) is 6.25. The van der Waals surface area contributed by atoms with E-state index in [1.54, 1.807) is 16.7 Å². The molecular formula is C14H24N4O3S. The summed E-state index contributed by atoms with van der Waals surface area (Å²) in [4.78, 5) is 9.51. The quantitative estimate of drug-likeness (QED) is 0.875. The molecule has 0 spiro atoms. The summed E-state index contributed by atoms with van der Waals surface area (Å²) in [5.74, 6) is 0.915. The van der Waals surface area contributed by atoms with Gasteiger partial charge < -0.3 is 9.72 Å². The molecule has 2 unspecified atom stereocenters. The summed E-state index contributed by atoms with van der Waals surface area (Å²) in [6.45, 7) is 2.36. The highest BCUT2D eigenvalue weighted by molar-refractivity contribution is 7.89. The second-order valence-electron chi connectivity index (χ2n) is 6.10. The van der Waals surface area contributed by atoms with Crippen molar-refractivity contribution in [3.63, 3.8) is 0 Å². The van der Waals surface area contributed by atoms with Gasteiger partial charge in [-0.3, -0.25) is 4.90 Å². The Balaban J connectivity index is 1.68. The first-order valence-electron chi connectivity index (χ1n) is 7.85. The second-order valence-corrected chi connectivity index (χ2v) is 8.11. The number of ether oxygens (including phenoxy) is 1. The monoisotopic (exact) mass is 328 g/mol. The molecule has 1 N–H and O–H groups in total. The van der Waals surface area contributed by atoms with Crippen LogP contribution in [-0.2, 0) is 14.8 Å². The lowest BCUT2D eigenvalue weighted by Gasteiger charge is -2.38. The smallest absolute Gasteiger partial charge is 0.216 e. The lowest BCUT2D eigenvalue weighted by molar-refractivity contribution is 0.0294. The summed E-state index contributed by atoms with van der Waals surface area (Å²) in [7, 11) is -1.29. The van der Waals surface area contributed by atoms with E-state index in [0.717, 1.165) is 25.1 Å². The highest BCUT2D eigenvalue weighted by Gasteiger charge is 2.35. The van der Waals surface area contributed by atoms with E-state index in [1.807, 2.05) is 7.05 Å². The van der Waals surface area contributed by atoms with Crippen LogP contribution in [0, 0.1) is 0 Å². The topological polar surface area (TPSA) is 78.5 Å². The molecule has 2 aliphatic heterocycles. The summed E-state index contributed by atoms with van der Waals surface area (Å²) in [5.41, 5.74) is 0. The van der Waals surface area contributed by atoms with Crippen molar-refractivity contribution < 1.29 is 13.2 Å². The van der Waals surface area contributed by atoms with Gasteiger partial charge in [0.05, 0.1) is 17.9 Å². The van der Waals surface area contributed by atoms with E-state index in [0.29, 0.717) is 26.2 Å². The zero-order valence-electron chi connectivity index (χ0n) is 12.9. The number of nitrogens with zero attached hydrogens (tertiary/aromatic N) is 3. The molecule has 8 heteroatoms. The van der Waals surface area contributed by atoms with Gasteiger partial charge in [-0.2, -0.15) is 4.31 Å². The first-order chi connectivity index (χ1) is 10.6. The van der Waals surface area contributed by atoms with Gasteiger partial charge in [0, 0.05) is 38.6 Å². The van der Waals surface area contributed by atoms with Crippen molar-refractivity contribution in [2.45, 2.75) is 31.4 Å². The first-order valence-corrected chi connectivity index (χ1v) is 9.46. The Morgan fingerprint density at radius 3 is 2.95 bits per heavy atom. The number of likely N-dealkylation sites (N-methyl/N-ethyl adjacent to an activating group) is 1. The molecule has 0 aliphatic carbocycles. The zero-order chi connectivity index (χ0) is 15.6. The standard InChI is InChI=1S/C14H24N4O3S/c1-17-7-8-18(10-13(17)14-15-5-6-16-14)22(19,20)11-12-4-2-3-9-21-12/h5-6,12-13H,2-4,7-11H2,1H3,(H,15,16). The molecule has 0 saturated carbocycles. The van der Waals surface area contributed by atoms with Crippen molar-refractivity contribution in [3.8, 4) is 0 Å². The molecule has 0 amide bonds. The first kappa shape index (κ1) is 15.9. The van der Waals surface area contributed by atoms with Crippen molar-refractivity contribution in [2.24, 2.45) is 0 Å². The average Bonchev–Trinajstić information content (AvgIpc) is 3.02. The number of sulfonamides is 1. The van der Waals surface area contributed by atoms with Crippen LogP contribution in [0.1, 0.15) is 31.1 Å². The number of nitrogens with one attached hydrogen (secondary N) is 1. The van der Waals surface area contributed by atoms with Crippen molar-refractivity contribution in [1.82, 2.24) is 19.2 Å². The molecule has 0 bridgehead atoms. The zero-order valence-corrected chi connectivity index (χ0v) is 13.8. The molecule has 124 valence electrons. The van der Waals surface area contributed by atoms with Crippen molar-refractivity contribution in [2.75, 3.05) is 39.0 Å². The Labute approximate surface area is 131 Å². The van der Waals surface area contributed by atoms with Gasteiger partial charge in [0.2, 0.25) is 10.0 Å². The third kappa shape index (κ3) is 3.51. The van der Waals surface area contributed by atoms with Crippen molar-refractivity contribution >= 4 is 10.0 Å². The molecule has 0 aromatic carbocycles. The number of imidazole rings is 1. The molecule has 2 saturated heterocycles. The van der Waals surface area contributed by atoms with Gasteiger partial charge >= 0.3 is 0 Å². The van der Waals surface area contributed by atoms with E-state index in [-0.39, 0.29) is 17.9 Å². The summed E-state index contributed by atoms with van der Waals surface area (Å²) in [5, 5.41) is 0. The number of H-pyrrole nitrogens is 1. The summed E-state index contributed by atoms with van der Waals surface area (Å²) in [6, 6.07) is -0.0224. The Kier molecular flexibility index (Phi) is 4.82. The number of hydrogen-bond donors (Lipinski definition) is 1. The van der Waals surface area contributed by atoms with Gasteiger partial charge in [0.1, 0.15) is 5.82 Å². The van der Waals surface area contributed by atoms with E-state index < -0.39 is 10.0 Å². The molecule has 2 fully saturated rings. The lowest BCUT2D eigenvalue weighted by atomic mass is 10.1. The number of hydrogen-bond acceptors (Lipinski definition) is 5. The largest absolute Gasteiger partial charge is 0.377 e. The molecule has 7 nitrogen and oxygen atoms in total. The van der Waals surface area contributed by atoms with E-state index >= 15 is 0 Å². The number of piperazine rings is 1. The minimum absolute atomic E-state index is 0.0224. The van der Waals surface area contributed by atoms with Crippen LogP contribution in [0.2, 0.25) is 0 Å². The van der Waals surface area contributed by atoms with Crippen LogP contribution < -0.4 is 0 Å². The van der Waals surface area contributed by atoms with Crippen LogP contribution in [-0.4, -0.2) is 72.7 Å². The fraction of sp³-hybridized carbons (Fsp3) is 0.786. The van der Waals surface area contributed by atoms with Crippen LogP contribution in [0.3, 0.4) is 0 Å². The predicted octanol–water partition coefficient (Wildman–Crippen LogP) is 0.597. The molecule has 2 atom stereocenters. The lowest BCUT2D eigenvalue weighted by Crippen LogP contribution is -2.51. The van der Waals surface area contributed by atoms with Gasteiger partial charge in [0.15, 0.2) is 0 Å². The molecule has 1 aromatic heterocycles. The molecule has 22 heavy (non-hydrogen) atoms. The Bertz CT molecular complexity index is 569. The van der Waals surface area contributed by atoms with Gasteiger partial charge in [-0.05, 0) is 26.3 Å². The molecule has 0 radical (unpaired) electrons. The van der Waals surface area contributed by atoms with E-state index in [4.69, 9.17) is 4.74 Å². The Morgan fingerprint density at radius 1 is 1.41 bits per heavy atom. The number of aromatic amines is 1. The van der Waals surface area contributed by atoms with Crippen molar-refractivity contribution in [3.05, 3.63) is 18.2 Å². The average molecular weight is 328 g/mol. The highest BCUT2D eigenvalue weighted by Crippen LogP contribution is 2.24. The van der Waals surface area contributed by atoms with Gasteiger partial charge in [0.25, 0.3) is 0 Å². The maximum atomic E-state index is 12.7. The summed E-state index contributed by atoms with van der Waals surface area (Å²) < 4.78 is 32.5. The SMILES string of the molecule is CN1CCN(S(=O)(=O)CC2CCCCO2)CC1c1ncc[nH]1. The molecule has 2 aliphatic rings. The molecule has 3 rings (SSSR count). The van der Waals surface area contributed by atoms with Crippen LogP contribution >= 0.6 is 0 Å². The van der Waals surface area contributed by atoms with Crippen LogP contribution in [0.15, 0.2) is 12.4 Å². The van der Waals surface area contributed by atoms with Gasteiger partial charge in [-0.1, -0.05) is 0 Å². The van der Waals surface area contributed by atoms with Crippen molar-refractivity contribution in [1.29, 1.82) is 0 Å². The maximum Gasteiger partial charge on any atom is 0.216 e. The van der Waals surface area contributed by atoms with Gasteiger partial charge in [-0.25, -0.2) is 13.4 Å². The molecule has 1 aromatic rings. The van der Waals surface area contributed by atoms with Crippen LogP contribution in [0.25, 0.3) is 0 Å². The molecule has 3 heterocycles. The number of rotatable bonds is 4. The van der Waals surface area contributed by atoms with E-state index in [1.165, 1.54) is 0 Å². The predicted molar refractivity (Wildman–Crippen MR) is 82.9 cm³/mol. The van der Waals surface area contributed by atoms with Gasteiger partial charge in [-0.15, -0.1) is 0 Å². The third-order valence-electron chi connectivity index (χ3n) is 4.51.